The minimum atomic E-state index is -1.62. The largest absolute Gasteiger partial charge is 0.462 e. The van der Waals surface area contributed by atoms with Gasteiger partial charge in [-0.15, -0.1) is 0 Å². The minimum absolute atomic E-state index is 0.0966. The Labute approximate surface area is 307 Å². The molecule has 14 heteroatoms. The van der Waals surface area contributed by atoms with Crippen molar-refractivity contribution in [3.8, 4) is 11.5 Å². The van der Waals surface area contributed by atoms with Crippen LogP contribution in [0.25, 0.3) is 0 Å². The molecule has 0 aromatic heterocycles. The number of carbonyl (C=O) groups is 4. The van der Waals surface area contributed by atoms with Gasteiger partial charge in [0.25, 0.3) is 0 Å². The van der Waals surface area contributed by atoms with Crippen LogP contribution in [-0.4, -0.2) is 37.1 Å². The van der Waals surface area contributed by atoms with Gasteiger partial charge in [-0.2, -0.15) is 0 Å². The summed E-state index contributed by atoms with van der Waals surface area (Å²) in [6, 6.07) is 2.31. The number of ether oxygens (including phenoxy) is 4. The summed E-state index contributed by atoms with van der Waals surface area (Å²) in [6.07, 6.45) is 10.9. The third-order valence-corrected chi connectivity index (χ3v) is 12.1. The summed E-state index contributed by atoms with van der Waals surface area (Å²) < 4.78 is 21.8. The maximum Gasteiger partial charge on any atom is 0.423 e. The highest BCUT2D eigenvalue weighted by atomic mass is 35.5. The Kier molecular flexibility index (Phi) is 11.3. The van der Waals surface area contributed by atoms with Crippen molar-refractivity contribution < 1.29 is 38.1 Å². The Morgan fingerprint density at radius 3 is 1.17 bits per heavy atom. The zero-order valence-corrected chi connectivity index (χ0v) is 30.2. The molecule has 0 aliphatic heterocycles. The van der Waals surface area contributed by atoms with Gasteiger partial charge in [-0.05, 0) is 73.3 Å². The van der Waals surface area contributed by atoms with Crippen molar-refractivity contribution >= 4 is 93.5 Å². The molecule has 4 aliphatic rings. The molecule has 258 valence electrons. The van der Waals surface area contributed by atoms with E-state index < -0.39 is 46.5 Å². The van der Waals surface area contributed by atoms with Crippen LogP contribution in [0, 0.1) is 35.5 Å². The molecule has 8 nitrogen and oxygen atoms in total. The number of benzene rings is 2. The molecule has 2 atom stereocenters. The number of rotatable bonds is 12. The van der Waals surface area contributed by atoms with Gasteiger partial charge in [-0.3, -0.25) is 0 Å². The van der Waals surface area contributed by atoms with Crippen molar-refractivity contribution in [2.45, 2.75) is 64.2 Å². The van der Waals surface area contributed by atoms with Crippen molar-refractivity contribution in [1.82, 2.24) is 0 Å². The summed E-state index contributed by atoms with van der Waals surface area (Å²) >= 11 is 37.8. The number of hydrogen-bond acceptors (Lipinski definition) is 8. The highest BCUT2D eigenvalue weighted by molar-refractivity contribution is 6.47. The second kappa shape index (κ2) is 15.1. The van der Waals surface area contributed by atoms with E-state index in [1.807, 2.05) is 0 Å². The van der Waals surface area contributed by atoms with Crippen LogP contribution < -0.4 is 9.47 Å². The van der Waals surface area contributed by atoms with Crippen LogP contribution >= 0.6 is 69.6 Å². The standard InChI is InChI=1S/C34H32Cl6O8/c35-21-11-23(37)29(25(27(21)39)31(41)45-13-19(17-7-8-17)15-3-1-4-15)47-33(43)34(44)48-30-24(38)12-22(36)28(40)26(30)32(42)46-14-20(18-9-10-18)16-5-2-6-16/h11-12,15-20H,1-10,13-14H2. The van der Waals surface area contributed by atoms with Gasteiger partial charge in [0, 0.05) is 0 Å². The highest BCUT2D eigenvalue weighted by Crippen LogP contribution is 2.49. The van der Waals surface area contributed by atoms with Crippen LogP contribution in [0.1, 0.15) is 84.9 Å². The zero-order valence-electron chi connectivity index (χ0n) is 25.6. The average Bonchev–Trinajstić information content (AvgIpc) is 3.91. The molecule has 0 bridgehead atoms. The molecule has 2 aromatic carbocycles. The molecule has 6 rings (SSSR count). The molecular weight excluding hydrogens is 749 g/mol. The minimum Gasteiger partial charge on any atom is -0.462 e. The smallest absolute Gasteiger partial charge is 0.423 e. The van der Waals surface area contributed by atoms with Crippen molar-refractivity contribution in [3.63, 3.8) is 0 Å². The van der Waals surface area contributed by atoms with Gasteiger partial charge in [-0.25, -0.2) is 19.2 Å². The van der Waals surface area contributed by atoms with Crippen molar-refractivity contribution in [1.29, 1.82) is 0 Å². The van der Waals surface area contributed by atoms with Crippen molar-refractivity contribution in [2.75, 3.05) is 13.2 Å². The Balaban J connectivity index is 1.18. The molecule has 0 saturated heterocycles. The van der Waals surface area contributed by atoms with Gasteiger partial charge in [0.05, 0.1) is 43.3 Å². The number of esters is 4. The van der Waals surface area contributed by atoms with Gasteiger partial charge in [-0.1, -0.05) is 108 Å². The van der Waals surface area contributed by atoms with E-state index in [0.717, 1.165) is 76.3 Å². The summed E-state index contributed by atoms with van der Waals surface area (Å²) in [7, 11) is 0. The van der Waals surface area contributed by atoms with Crippen LogP contribution in [-0.2, 0) is 19.1 Å². The second-order valence-corrected chi connectivity index (χ2v) is 15.5. The number of halogens is 6. The average molecular weight is 781 g/mol. The van der Waals surface area contributed by atoms with Gasteiger partial charge in [0.1, 0.15) is 11.1 Å². The van der Waals surface area contributed by atoms with Gasteiger partial charge in [0.2, 0.25) is 0 Å². The van der Waals surface area contributed by atoms with Crippen LogP contribution in [0.2, 0.25) is 30.1 Å². The lowest BCUT2D eigenvalue weighted by Gasteiger charge is -2.33. The van der Waals surface area contributed by atoms with E-state index in [9.17, 15) is 19.2 Å². The summed E-state index contributed by atoms with van der Waals surface area (Å²) in [5.74, 6) is -3.80. The van der Waals surface area contributed by atoms with E-state index in [1.165, 1.54) is 0 Å². The topological polar surface area (TPSA) is 105 Å². The molecule has 4 aliphatic carbocycles. The molecule has 0 N–H and O–H groups in total. The number of hydrogen-bond donors (Lipinski definition) is 0. The molecule has 0 spiro atoms. The predicted molar refractivity (Wildman–Crippen MR) is 182 cm³/mol. The lowest BCUT2D eigenvalue weighted by molar-refractivity contribution is -0.156. The summed E-state index contributed by atoms with van der Waals surface area (Å²) in [5, 5.41) is -1.33. The Hall–Kier alpha value is -1.94. The molecule has 4 saturated carbocycles. The van der Waals surface area contributed by atoms with Crippen LogP contribution in [0.3, 0.4) is 0 Å². The second-order valence-electron chi connectivity index (χ2n) is 13.1. The quantitative estimate of drug-likeness (QED) is 0.0908. The summed E-state index contributed by atoms with van der Waals surface area (Å²) in [6.45, 7) is 0.307. The predicted octanol–water partition coefficient (Wildman–Crippen LogP) is 10.1. The summed E-state index contributed by atoms with van der Waals surface area (Å²) in [5.41, 5.74) is -0.848. The van der Waals surface area contributed by atoms with Crippen LogP contribution in [0.5, 0.6) is 11.5 Å². The first-order chi connectivity index (χ1) is 22.9. The van der Waals surface area contributed by atoms with Crippen molar-refractivity contribution in [3.05, 3.63) is 53.4 Å². The van der Waals surface area contributed by atoms with E-state index in [2.05, 4.69) is 0 Å². The molecule has 0 heterocycles. The first-order valence-corrected chi connectivity index (χ1v) is 18.3. The van der Waals surface area contributed by atoms with Gasteiger partial charge >= 0.3 is 23.9 Å². The maximum absolute atomic E-state index is 13.3. The monoisotopic (exact) mass is 778 g/mol. The maximum atomic E-state index is 13.3. The molecule has 48 heavy (non-hydrogen) atoms. The van der Waals surface area contributed by atoms with Crippen LogP contribution in [0.4, 0.5) is 0 Å². The first kappa shape index (κ1) is 35.9. The highest BCUT2D eigenvalue weighted by Gasteiger charge is 2.41. The molecule has 4 fully saturated rings. The molecule has 2 aromatic rings. The fourth-order valence-corrected chi connectivity index (χ4v) is 8.02. The Bertz CT molecular complexity index is 1510. The molecule has 2 unspecified atom stereocenters. The normalized spacial score (nSPS) is 19.0. The van der Waals surface area contributed by atoms with E-state index in [1.54, 1.807) is 0 Å². The molecule has 0 amide bonds. The SMILES string of the molecule is O=C(Oc1c(Cl)cc(Cl)c(Cl)c1C(=O)OCC(C1CCC1)C1CC1)C(=O)Oc1c(Cl)cc(Cl)c(Cl)c1C(=O)OCC(C1CCC1)C1CC1. The fourth-order valence-electron chi connectivity index (χ4n) is 6.58. The molecular formula is C34H32Cl6O8. The van der Waals surface area contributed by atoms with Gasteiger partial charge in [0.15, 0.2) is 11.5 Å². The Morgan fingerprint density at radius 2 is 0.875 bits per heavy atom. The zero-order chi connectivity index (χ0) is 34.3. The van der Waals surface area contributed by atoms with E-state index in [4.69, 9.17) is 88.6 Å². The van der Waals surface area contributed by atoms with Crippen LogP contribution in [0.15, 0.2) is 12.1 Å². The van der Waals surface area contributed by atoms with Gasteiger partial charge < -0.3 is 18.9 Å². The van der Waals surface area contributed by atoms with E-state index >= 15 is 0 Å². The lowest BCUT2D eigenvalue weighted by Crippen LogP contribution is -2.30. The third-order valence-electron chi connectivity index (χ3n) is 10.00. The lowest BCUT2D eigenvalue weighted by atomic mass is 9.74. The Morgan fingerprint density at radius 1 is 0.542 bits per heavy atom. The molecule has 0 radical (unpaired) electrons. The van der Waals surface area contributed by atoms with E-state index in [0.29, 0.717) is 23.7 Å². The third kappa shape index (κ3) is 7.84. The first-order valence-electron chi connectivity index (χ1n) is 16.1. The van der Waals surface area contributed by atoms with Crippen molar-refractivity contribution in [2.24, 2.45) is 35.5 Å². The van der Waals surface area contributed by atoms with E-state index in [-0.39, 0.29) is 55.2 Å². The fraction of sp³-hybridized carbons (Fsp3) is 0.529. The summed E-state index contributed by atoms with van der Waals surface area (Å²) in [4.78, 5) is 52.9. The number of carbonyl (C=O) groups excluding carboxylic acids is 4.